The third kappa shape index (κ3) is 4.53. The van der Waals surface area contributed by atoms with Gasteiger partial charge in [0.05, 0.1) is 18.3 Å². The summed E-state index contributed by atoms with van der Waals surface area (Å²) in [6.45, 7) is 11.2. The van der Waals surface area contributed by atoms with Gasteiger partial charge in [-0.1, -0.05) is 27.7 Å². The van der Waals surface area contributed by atoms with Crippen LogP contribution in [0, 0.1) is 6.92 Å². The first-order valence-corrected chi connectivity index (χ1v) is 7.34. The number of rotatable bonds is 5. The number of aryl methyl sites for hydroxylation is 1. The van der Waals surface area contributed by atoms with Crippen LogP contribution in [0.15, 0.2) is 0 Å². The average molecular weight is 279 g/mol. The van der Waals surface area contributed by atoms with Gasteiger partial charge in [-0.05, 0) is 33.0 Å². The Morgan fingerprint density at radius 3 is 2.25 bits per heavy atom. The summed E-state index contributed by atoms with van der Waals surface area (Å²) < 4.78 is 0. The van der Waals surface area contributed by atoms with Crippen molar-refractivity contribution in [2.45, 2.75) is 65.5 Å². The Labute approximate surface area is 123 Å². The van der Waals surface area contributed by atoms with Crippen LogP contribution in [-0.2, 0) is 18.4 Å². The molecule has 1 aromatic heterocycles. The van der Waals surface area contributed by atoms with E-state index in [0.29, 0.717) is 6.42 Å². The van der Waals surface area contributed by atoms with E-state index in [4.69, 9.17) is 4.98 Å². The highest BCUT2D eigenvalue weighted by Crippen LogP contribution is 2.27. The van der Waals surface area contributed by atoms with Crippen LogP contribution < -0.4 is 0 Å². The van der Waals surface area contributed by atoms with E-state index in [1.165, 1.54) is 0 Å². The molecule has 0 saturated heterocycles. The first-order chi connectivity index (χ1) is 9.15. The first kappa shape index (κ1) is 17.1. The Balaban J connectivity index is 3.28. The van der Waals surface area contributed by atoms with Gasteiger partial charge in [0.25, 0.3) is 0 Å². The van der Waals surface area contributed by atoms with Crippen molar-refractivity contribution in [3.8, 4) is 0 Å². The molecule has 114 valence electrons. The maximum absolute atomic E-state index is 9.98. The van der Waals surface area contributed by atoms with Gasteiger partial charge in [0, 0.05) is 17.5 Å². The zero-order valence-electron chi connectivity index (χ0n) is 14.0. The third-order valence-corrected chi connectivity index (χ3v) is 3.34. The molecule has 0 aliphatic carbocycles. The smallest absolute Gasteiger partial charge is 0.142 e. The Kier molecular flexibility index (Phi) is 5.66. The molecule has 0 bridgehead atoms. The molecule has 1 heterocycles. The highest BCUT2D eigenvalue weighted by Gasteiger charge is 2.24. The second kappa shape index (κ2) is 6.64. The maximum Gasteiger partial charge on any atom is 0.142 e. The Morgan fingerprint density at radius 1 is 1.20 bits per heavy atom. The number of nitrogens with zero attached hydrogens (tertiary/aromatic N) is 3. The summed E-state index contributed by atoms with van der Waals surface area (Å²) in [7, 11) is 4.04. The molecule has 0 amide bonds. The molecule has 4 heteroatoms. The molecule has 0 aliphatic rings. The molecule has 20 heavy (non-hydrogen) atoms. The molecule has 1 aromatic rings. The van der Waals surface area contributed by atoms with E-state index in [-0.39, 0.29) is 11.5 Å². The molecular formula is C16H29N3O. The summed E-state index contributed by atoms with van der Waals surface area (Å²) in [4.78, 5) is 11.5. The van der Waals surface area contributed by atoms with Gasteiger partial charge in [0.2, 0.25) is 0 Å². The highest BCUT2D eigenvalue weighted by molar-refractivity contribution is 5.31. The van der Waals surface area contributed by atoms with E-state index < -0.39 is 0 Å². The number of hydrogen-bond donors (Lipinski definition) is 1. The van der Waals surface area contributed by atoms with Crippen LogP contribution in [0.25, 0.3) is 0 Å². The predicted octanol–water partition coefficient (Wildman–Crippen LogP) is 2.46. The van der Waals surface area contributed by atoms with Crippen molar-refractivity contribution in [1.82, 2.24) is 14.9 Å². The van der Waals surface area contributed by atoms with Gasteiger partial charge in [0.15, 0.2) is 0 Å². The predicted molar refractivity (Wildman–Crippen MR) is 82.9 cm³/mol. The topological polar surface area (TPSA) is 49.3 Å². The molecule has 1 unspecified atom stereocenters. The molecule has 1 rings (SSSR count). The van der Waals surface area contributed by atoms with E-state index >= 15 is 0 Å². The van der Waals surface area contributed by atoms with Crippen molar-refractivity contribution in [1.29, 1.82) is 0 Å². The Bertz CT molecular complexity index is 450. The Hall–Kier alpha value is -1.00. The van der Waals surface area contributed by atoms with Gasteiger partial charge in [-0.3, -0.25) is 0 Å². The lowest BCUT2D eigenvalue weighted by molar-refractivity contribution is 0.169. The average Bonchev–Trinajstić information content (AvgIpc) is 2.29. The molecule has 0 saturated carbocycles. The number of aromatic nitrogens is 2. The minimum absolute atomic E-state index is 0.0441. The van der Waals surface area contributed by atoms with Gasteiger partial charge >= 0.3 is 0 Å². The molecule has 0 radical (unpaired) electrons. The fourth-order valence-electron chi connectivity index (χ4n) is 2.25. The van der Waals surface area contributed by atoms with Gasteiger partial charge < -0.3 is 10.0 Å². The standard InChI is InChI=1S/C16H29N3O/c1-8-12(20)9-13-11(2)17-14(10-19(6)7)18-15(13)16(3,4)5/h12,20H,8-10H2,1-7H3. The van der Waals surface area contributed by atoms with Crippen molar-refractivity contribution >= 4 is 0 Å². The molecule has 1 atom stereocenters. The first-order valence-electron chi connectivity index (χ1n) is 7.34. The van der Waals surface area contributed by atoms with Gasteiger partial charge in [-0.2, -0.15) is 0 Å². The van der Waals surface area contributed by atoms with Crippen LogP contribution in [0.5, 0.6) is 0 Å². The van der Waals surface area contributed by atoms with Crippen LogP contribution in [0.4, 0.5) is 0 Å². The fourth-order valence-corrected chi connectivity index (χ4v) is 2.25. The molecule has 0 aliphatic heterocycles. The van der Waals surface area contributed by atoms with Crippen LogP contribution >= 0.6 is 0 Å². The summed E-state index contributed by atoms with van der Waals surface area (Å²) in [5.41, 5.74) is 3.12. The van der Waals surface area contributed by atoms with Crippen molar-refractivity contribution in [2.75, 3.05) is 14.1 Å². The van der Waals surface area contributed by atoms with Crippen LogP contribution in [0.2, 0.25) is 0 Å². The summed E-state index contributed by atoms with van der Waals surface area (Å²) in [6.07, 6.45) is 1.07. The summed E-state index contributed by atoms with van der Waals surface area (Å²) >= 11 is 0. The summed E-state index contributed by atoms with van der Waals surface area (Å²) in [5, 5.41) is 9.98. The normalized spacial score (nSPS) is 13.8. The second-order valence-corrected chi connectivity index (χ2v) is 6.81. The van der Waals surface area contributed by atoms with Crippen LogP contribution in [0.3, 0.4) is 0 Å². The van der Waals surface area contributed by atoms with Crippen LogP contribution in [-0.4, -0.2) is 40.2 Å². The molecular weight excluding hydrogens is 250 g/mol. The summed E-state index contributed by atoms with van der Waals surface area (Å²) in [5.74, 6) is 0.854. The minimum Gasteiger partial charge on any atom is -0.393 e. The molecule has 0 aromatic carbocycles. The van der Waals surface area contributed by atoms with Crippen molar-refractivity contribution < 1.29 is 5.11 Å². The van der Waals surface area contributed by atoms with E-state index in [0.717, 1.165) is 35.7 Å². The summed E-state index contributed by atoms with van der Waals surface area (Å²) in [6, 6.07) is 0. The fraction of sp³-hybridized carbons (Fsp3) is 0.750. The van der Waals surface area contributed by atoms with E-state index in [1.54, 1.807) is 0 Å². The van der Waals surface area contributed by atoms with E-state index in [2.05, 4.69) is 30.7 Å². The van der Waals surface area contributed by atoms with Crippen molar-refractivity contribution in [3.63, 3.8) is 0 Å². The molecule has 0 spiro atoms. The second-order valence-electron chi connectivity index (χ2n) is 6.81. The van der Waals surface area contributed by atoms with E-state index in [9.17, 15) is 5.11 Å². The number of aliphatic hydroxyl groups is 1. The lowest BCUT2D eigenvalue weighted by Crippen LogP contribution is -2.24. The minimum atomic E-state index is -0.321. The third-order valence-electron chi connectivity index (χ3n) is 3.34. The molecule has 4 nitrogen and oxygen atoms in total. The van der Waals surface area contributed by atoms with Gasteiger partial charge in [0.1, 0.15) is 5.82 Å². The zero-order chi connectivity index (χ0) is 15.5. The van der Waals surface area contributed by atoms with Crippen molar-refractivity contribution in [3.05, 3.63) is 22.8 Å². The Morgan fingerprint density at radius 2 is 1.80 bits per heavy atom. The van der Waals surface area contributed by atoms with Crippen LogP contribution in [0.1, 0.15) is 56.9 Å². The largest absolute Gasteiger partial charge is 0.393 e. The number of hydrogen-bond acceptors (Lipinski definition) is 4. The van der Waals surface area contributed by atoms with E-state index in [1.807, 2.05) is 27.9 Å². The number of aliphatic hydroxyl groups excluding tert-OH is 1. The SMILES string of the molecule is CCC(O)Cc1c(C)nc(CN(C)C)nc1C(C)(C)C. The molecule has 1 N–H and O–H groups in total. The lowest BCUT2D eigenvalue weighted by atomic mass is 9.86. The van der Waals surface area contributed by atoms with Crippen molar-refractivity contribution in [2.24, 2.45) is 0 Å². The maximum atomic E-state index is 9.98. The molecule has 0 fully saturated rings. The van der Waals surface area contributed by atoms with Gasteiger partial charge in [-0.15, -0.1) is 0 Å². The van der Waals surface area contributed by atoms with Gasteiger partial charge in [-0.25, -0.2) is 9.97 Å². The zero-order valence-corrected chi connectivity index (χ0v) is 14.0. The lowest BCUT2D eigenvalue weighted by Gasteiger charge is -2.25. The monoisotopic (exact) mass is 279 g/mol. The highest BCUT2D eigenvalue weighted by atomic mass is 16.3. The quantitative estimate of drug-likeness (QED) is 0.899.